The lowest BCUT2D eigenvalue weighted by molar-refractivity contribution is -0.400. The van der Waals surface area contributed by atoms with Gasteiger partial charge in [-0.25, -0.2) is 0 Å². The molecule has 1 amide bonds. The van der Waals surface area contributed by atoms with Crippen molar-refractivity contribution in [2.45, 2.75) is 238 Å². The summed E-state index contributed by atoms with van der Waals surface area (Å²) < 4.78 is 61.0. The minimum atomic E-state index is -2.00. The third-order valence-corrected chi connectivity index (χ3v) is 19.6. The highest BCUT2D eigenvalue weighted by Gasteiger charge is 2.70. The van der Waals surface area contributed by atoms with Gasteiger partial charge in [-0.1, -0.05) is 19.9 Å². The van der Waals surface area contributed by atoms with Crippen molar-refractivity contribution in [3.05, 3.63) is 12.2 Å². The number of aliphatic hydroxyl groups is 16. The molecule has 0 radical (unpaired) electrons. The quantitative estimate of drug-likeness (QED) is 0.0388. The lowest BCUT2D eigenvalue weighted by Crippen LogP contribution is -2.68. The fourth-order valence-corrected chi connectivity index (χ4v) is 15.4. The van der Waals surface area contributed by atoms with Crippen LogP contribution in [0.5, 0.6) is 0 Å². The summed E-state index contributed by atoms with van der Waals surface area (Å²) in [5.74, 6) is -1.84. The summed E-state index contributed by atoms with van der Waals surface area (Å²) in [6.45, 7) is 5.44. The Morgan fingerprint density at radius 3 is 1.56 bits per heavy atom. The molecule has 5 saturated heterocycles. The number of aliphatic hydroxyl groups excluding tert-OH is 16. The molecule has 1 spiro atoms. The molecule has 4 saturated carbocycles. The zero-order valence-corrected chi connectivity index (χ0v) is 45.2. The van der Waals surface area contributed by atoms with Gasteiger partial charge in [-0.05, 0) is 86.5 Å². The monoisotopic (exact) mass is 1170 g/mol. The lowest BCUT2D eigenvalue weighted by atomic mass is 9.41. The number of fused-ring (bicyclic) bond motifs is 3. The molecule has 5 heterocycles. The zero-order chi connectivity index (χ0) is 59.0. The van der Waals surface area contributed by atoms with E-state index in [4.69, 9.17) is 47.4 Å². The number of hydrogen-bond donors (Lipinski definition) is 17. The van der Waals surface area contributed by atoms with Crippen molar-refractivity contribution in [2.24, 2.45) is 28.1 Å². The van der Waals surface area contributed by atoms with Gasteiger partial charge in [-0.2, -0.15) is 0 Å². The van der Waals surface area contributed by atoms with Gasteiger partial charge in [0.1, 0.15) is 116 Å². The number of nitrogens with one attached hydrogen (secondary N) is 1. The molecular formula is C52H83NO28. The molecule has 31 atom stereocenters. The summed E-state index contributed by atoms with van der Waals surface area (Å²) in [6, 6.07) is -1.49. The van der Waals surface area contributed by atoms with E-state index in [2.05, 4.69) is 18.8 Å². The Bertz CT molecular complexity index is 2200. The summed E-state index contributed by atoms with van der Waals surface area (Å²) in [7, 11) is 0. The summed E-state index contributed by atoms with van der Waals surface area (Å²) in [5, 5.41) is 174. The third-order valence-electron chi connectivity index (χ3n) is 19.6. The number of amides is 1. The number of ether oxygens (including phenoxy) is 10. The van der Waals surface area contributed by atoms with Crippen molar-refractivity contribution in [3.63, 3.8) is 0 Å². The fraction of sp³-hybridized carbons (Fsp3) is 0.923. The second-order valence-corrected chi connectivity index (χ2v) is 24.3. The van der Waals surface area contributed by atoms with Crippen molar-refractivity contribution in [1.82, 2.24) is 5.32 Å². The minimum absolute atomic E-state index is 0.0805. The van der Waals surface area contributed by atoms with Crippen LogP contribution in [0.1, 0.15) is 78.6 Å². The van der Waals surface area contributed by atoms with Gasteiger partial charge in [-0.3, -0.25) is 9.59 Å². The summed E-state index contributed by atoms with van der Waals surface area (Å²) in [4.78, 5) is 27.3. The van der Waals surface area contributed by atoms with Crippen molar-refractivity contribution in [3.8, 4) is 0 Å². The first-order chi connectivity index (χ1) is 38.3. The molecule has 81 heavy (non-hydrogen) atoms. The maximum absolute atomic E-state index is 15.0. The molecule has 0 aromatic carbocycles. The van der Waals surface area contributed by atoms with Crippen molar-refractivity contribution in [1.29, 1.82) is 0 Å². The SMILES string of the molecule is C=C1C[C@@]23CCC4C(C)(CCC[C@@]4(C)C(=O)OC4OC(CO)C(O)C(O)C4OC4OC(CO)C(O)C(O)C4NC(C)=O)[C@@H]2CC[C@]1(OC1OC(CO)C(O)C(OC2OC(CO)C(O)C(O)C2O)C1OC1OC(CO)C(O)C(O)C1O)C3. The predicted molar refractivity (Wildman–Crippen MR) is 263 cm³/mol. The van der Waals surface area contributed by atoms with E-state index in [-0.39, 0.29) is 11.8 Å². The highest BCUT2D eigenvalue weighted by molar-refractivity contribution is 5.77. The lowest BCUT2D eigenvalue weighted by Gasteiger charge is -2.64. The molecule has 17 N–H and O–H groups in total. The molecule has 9 fully saturated rings. The Balaban J connectivity index is 0.971. The highest BCUT2D eigenvalue weighted by Crippen LogP contribution is 2.74. The Morgan fingerprint density at radius 1 is 0.531 bits per heavy atom. The molecule has 9 rings (SSSR count). The van der Waals surface area contributed by atoms with Gasteiger partial charge in [-0.15, -0.1) is 0 Å². The smallest absolute Gasteiger partial charge is 0.314 e. The van der Waals surface area contributed by atoms with E-state index in [0.29, 0.717) is 63.4 Å². The number of hydrogen-bond acceptors (Lipinski definition) is 28. The van der Waals surface area contributed by atoms with Gasteiger partial charge in [0.15, 0.2) is 31.3 Å². The first-order valence-corrected chi connectivity index (χ1v) is 27.9. The topological polar surface area (TPSA) is 462 Å². The molecule has 29 heteroatoms. The molecule has 27 unspecified atom stereocenters. The Labute approximate surface area is 465 Å². The van der Waals surface area contributed by atoms with Crippen LogP contribution in [0.2, 0.25) is 0 Å². The van der Waals surface area contributed by atoms with Crippen LogP contribution in [0.15, 0.2) is 12.2 Å². The fourth-order valence-electron chi connectivity index (χ4n) is 15.4. The van der Waals surface area contributed by atoms with E-state index >= 15 is 4.79 Å². The molecule has 0 aromatic rings. The maximum atomic E-state index is 15.0. The zero-order valence-electron chi connectivity index (χ0n) is 45.2. The van der Waals surface area contributed by atoms with Crippen LogP contribution in [-0.4, -0.2) is 286 Å². The van der Waals surface area contributed by atoms with Crippen LogP contribution in [0, 0.1) is 28.1 Å². The average Bonchev–Trinajstić information content (AvgIpc) is 3.90. The molecule has 0 aromatic heterocycles. The van der Waals surface area contributed by atoms with Crippen molar-refractivity contribution in [2.75, 3.05) is 33.0 Å². The predicted octanol–water partition coefficient (Wildman–Crippen LogP) is -7.15. The van der Waals surface area contributed by atoms with E-state index in [0.717, 1.165) is 6.92 Å². The van der Waals surface area contributed by atoms with Gasteiger partial charge >= 0.3 is 5.97 Å². The highest BCUT2D eigenvalue weighted by atomic mass is 16.8. The van der Waals surface area contributed by atoms with E-state index in [1.165, 1.54) is 0 Å². The Hall–Kier alpha value is -2.32. The number of carbonyl (C=O) groups excluding carboxylic acids is 2. The number of rotatable bonds is 16. The van der Waals surface area contributed by atoms with Crippen molar-refractivity contribution < 1.29 is 139 Å². The van der Waals surface area contributed by atoms with Crippen LogP contribution in [0.25, 0.3) is 0 Å². The van der Waals surface area contributed by atoms with Crippen LogP contribution in [0.4, 0.5) is 0 Å². The second kappa shape index (κ2) is 24.4. The van der Waals surface area contributed by atoms with E-state index in [1.54, 1.807) is 6.92 Å². The number of esters is 1. The van der Waals surface area contributed by atoms with E-state index in [9.17, 15) is 86.5 Å². The second-order valence-electron chi connectivity index (χ2n) is 24.3. The van der Waals surface area contributed by atoms with Crippen LogP contribution >= 0.6 is 0 Å². The molecular weight excluding hydrogens is 1090 g/mol. The number of carbonyl (C=O) groups is 2. The summed E-state index contributed by atoms with van der Waals surface area (Å²) in [5.41, 5.74) is -2.86. The molecule has 464 valence electrons. The molecule has 4 aliphatic carbocycles. The molecule has 2 bridgehead atoms. The van der Waals surface area contributed by atoms with Gasteiger partial charge in [0.05, 0.1) is 44.1 Å². The third kappa shape index (κ3) is 11.2. The maximum Gasteiger partial charge on any atom is 0.314 e. The van der Waals surface area contributed by atoms with Gasteiger partial charge in [0, 0.05) is 6.92 Å². The molecule has 9 aliphatic rings. The van der Waals surface area contributed by atoms with Gasteiger partial charge in [0.25, 0.3) is 0 Å². The van der Waals surface area contributed by atoms with Crippen LogP contribution in [0.3, 0.4) is 0 Å². The first-order valence-electron chi connectivity index (χ1n) is 27.9. The van der Waals surface area contributed by atoms with E-state index in [1.807, 2.05) is 0 Å². The van der Waals surface area contributed by atoms with Gasteiger partial charge in [0.2, 0.25) is 12.2 Å². The van der Waals surface area contributed by atoms with Gasteiger partial charge < -0.3 is 134 Å². The normalized spacial score (nSPS) is 52.8. The summed E-state index contributed by atoms with van der Waals surface area (Å²) in [6.07, 6.45) is -37.9. The summed E-state index contributed by atoms with van der Waals surface area (Å²) >= 11 is 0. The van der Waals surface area contributed by atoms with E-state index < -0.39 is 220 Å². The molecule has 5 aliphatic heterocycles. The Morgan fingerprint density at radius 2 is 1.00 bits per heavy atom. The standard InChI is InChI=1S/C52H83NO28/c1-19-12-51-10-6-26-49(3,8-5-9-50(26,4)48(71)80-46-41(37(68)32(63)24(16-57)75-46)78-43-28(53-20(2)59)34(65)29(60)21(13-54)72-43)27(51)7-11-52(19,18-51)81-47-42(79-45-39(70)36(67)31(62)23(15-56)74-45)40(33(64)25(17-58)76-47)77-44-38(69)35(66)30(61)22(14-55)73-44/h21-47,54-58,60-70H,1,5-18H2,2-4H3,(H,53,59)/t21?,22?,23?,24?,25?,26?,27-,28?,29?,30?,31?,32?,33?,34?,35?,36?,37?,38?,39?,40?,41?,42?,43?,44?,45?,46?,47?,49?,50+,51+,52-/m0/s1. The largest absolute Gasteiger partial charge is 0.432 e. The average molecular weight is 1170 g/mol. The van der Waals surface area contributed by atoms with Crippen LogP contribution < -0.4 is 5.32 Å². The van der Waals surface area contributed by atoms with Crippen molar-refractivity contribution >= 4 is 11.9 Å². The Kier molecular flexibility index (Phi) is 19.1. The first kappa shape index (κ1) is 63.2. The van der Waals surface area contributed by atoms with Crippen LogP contribution in [-0.2, 0) is 57.0 Å². The minimum Gasteiger partial charge on any atom is -0.432 e. The molecule has 29 nitrogen and oxygen atoms in total.